The Bertz CT molecular complexity index is 1240. The van der Waals surface area contributed by atoms with Crippen molar-refractivity contribution in [1.82, 2.24) is 10.2 Å². The number of benzene rings is 2. The van der Waals surface area contributed by atoms with Crippen LogP contribution in [-0.2, 0) is 14.8 Å². The predicted molar refractivity (Wildman–Crippen MR) is 119 cm³/mol. The summed E-state index contributed by atoms with van der Waals surface area (Å²) in [7, 11) is -3.89. The number of amides is 1. The molecule has 1 aromatic heterocycles. The van der Waals surface area contributed by atoms with Crippen LogP contribution in [0.15, 0.2) is 42.5 Å². The molecule has 1 amide bonds. The molecule has 0 unspecified atom stereocenters. The Morgan fingerprint density at radius 3 is 2.45 bits per heavy atom. The van der Waals surface area contributed by atoms with Crippen molar-refractivity contribution < 1.29 is 18.1 Å². The molecule has 3 aromatic rings. The highest BCUT2D eigenvalue weighted by molar-refractivity contribution is 7.92. The maximum atomic E-state index is 12.6. The predicted octanol–water partition coefficient (Wildman–Crippen LogP) is 3.13. The van der Waals surface area contributed by atoms with Gasteiger partial charge in [0.2, 0.25) is 21.1 Å². The van der Waals surface area contributed by atoms with E-state index in [0.29, 0.717) is 5.01 Å². The number of rotatable bonds is 7. The van der Waals surface area contributed by atoms with Gasteiger partial charge >= 0.3 is 0 Å². The summed E-state index contributed by atoms with van der Waals surface area (Å²) < 4.78 is 25.5. The second-order valence-electron chi connectivity index (χ2n) is 6.77. The van der Waals surface area contributed by atoms with Crippen LogP contribution in [0.5, 0.6) is 0 Å². The number of aromatic nitrogens is 2. The Kier molecular flexibility index (Phi) is 6.32. The molecular weight excluding hydrogens is 442 g/mol. The van der Waals surface area contributed by atoms with E-state index in [0.717, 1.165) is 33.0 Å². The maximum Gasteiger partial charge on any atom is 0.274 e. The number of sulfonamides is 1. The lowest BCUT2D eigenvalue weighted by Crippen LogP contribution is -2.38. The second-order valence-corrected chi connectivity index (χ2v) is 9.66. The van der Waals surface area contributed by atoms with Gasteiger partial charge in [-0.1, -0.05) is 47.2 Å². The summed E-state index contributed by atoms with van der Waals surface area (Å²) in [6.45, 7) is 2.83. The summed E-state index contributed by atoms with van der Waals surface area (Å²) in [5.41, 5.74) is 1.90. The van der Waals surface area contributed by atoms with E-state index in [1.54, 1.807) is 0 Å². The fraction of sp³-hybridized carbons (Fsp3) is 0.211. The van der Waals surface area contributed by atoms with E-state index in [-0.39, 0.29) is 22.1 Å². The van der Waals surface area contributed by atoms with E-state index < -0.39 is 27.4 Å². The topological polar surface area (TPSA) is 135 Å². The lowest BCUT2D eigenvalue weighted by Gasteiger charge is -2.23. The van der Waals surface area contributed by atoms with Crippen LogP contribution in [0.4, 0.5) is 16.5 Å². The third-order valence-corrected chi connectivity index (χ3v) is 6.41. The summed E-state index contributed by atoms with van der Waals surface area (Å²) in [6, 6.07) is 11.7. The largest absolute Gasteiger partial charge is 0.299 e. The number of nitrogens with zero attached hydrogens (tertiary/aromatic N) is 4. The average molecular weight is 462 g/mol. The van der Waals surface area contributed by atoms with Crippen molar-refractivity contribution in [2.75, 3.05) is 22.4 Å². The molecule has 3 rings (SSSR count). The Hall–Kier alpha value is -3.38. The van der Waals surface area contributed by atoms with Crippen LogP contribution >= 0.6 is 11.3 Å². The molecule has 0 aliphatic rings. The number of nitro groups is 1. The van der Waals surface area contributed by atoms with Gasteiger partial charge in [0.25, 0.3) is 5.69 Å². The minimum Gasteiger partial charge on any atom is -0.299 e. The van der Waals surface area contributed by atoms with Crippen LogP contribution in [-0.4, -0.2) is 42.2 Å². The number of nitrogens with one attached hydrogen (secondary N) is 1. The summed E-state index contributed by atoms with van der Waals surface area (Å²) in [4.78, 5) is 23.1. The highest BCUT2D eigenvalue weighted by Crippen LogP contribution is 2.30. The smallest absolute Gasteiger partial charge is 0.274 e. The molecule has 1 heterocycles. The SMILES string of the molecule is Cc1ccc(-c2nnc(NC(=O)CN(c3cccc([N+](=O)[O-])c3C)S(C)(=O)=O)s2)cc1. The molecule has 0 atom stereocenters. The number of nitro benzene ring substituents is 1. The van der Waals surface area contributed by atoms with Crippen LogP contribution in [0.25, 0.3) is 10.6 Å². The third kappa shape index (κ3) is 5.22. The summed E-state index contributed by atoms with van der Waals surface area (Å²) in [5, 5.41) is 22.5. The summed E-state index contributed by atoms with van der Waals surface area (Å²) in [6.07, 6.45) is 0.930. The zero-order chi connectivity index (χ0) is 22.8. The first-order chi connectivity index (χ1) is 14.6. The van der Waals surface area contributed by atoms with Crippen molar-refractivity contribution in [3.8, 4) is 10.6 Å². The Morgan fingerprint density at radius 2 is 1.84 bits per heavy atom. The van der Waals surface area contributed by atoms with Crippen molar-refractivity contribution in [2.45, 2.75) is 13.8 Å². The number of hydrogen-bond acceptors (Lipinski definition) is 8. The fourth-order valence-corrected chi connectivity index (χ4v) is 4.51. The average Bonchev–Trinajstić information content (AvgIpc) is 3.14. The lowest BCUT2D eigenvalue weighted by atomic mass is 10.1. The van der Waals surface area contributed by atoms with Crippen molar-refractivity contribution in [2.24, 2.45) is 0 Å². The number of anilines is 2. The molecule has 0 saturated carbocycles. The molecule has 1 N–H and O–H groups in total. The Balaban J connectivity index is 1.81. The molecule has 0 spiro atoms. The summed E-state index contributed by atoms with van der Waals surface area (Å²) in [5.74, 6) is -0.650. The van der Waals surface area contributed by atoms with Gasteiger partial charge in [0.05, 0.1) is 22.4 Å². The molecular formula is C19H19N5O5S2. The van der Waals surface area contributed by atoms with Gasteiger partial charge in [0, 0.05) is 11.6 Å². The van der Waals surface area contributed by atoms with Crippen LogP contribution in [0.3, 0.4) is 0 Å². The van der Waals surface area contributed by atoms with Crippen LogP contribution < -0.4 is 9.62 Å². The maximum absolute atomic E-state index is 12.6. The van der Waals surface area contributed by atoms with Gasteiger partial charge in [-0.2, -0.15) is 0 Å². The van der Waals surface area contributed by atoms with Crippen molar-refractivity contribution in [1.29, 1.82) is 0 Å². The Labute approximate surface area is 182 Å². The van der Waals surface area contributed by atoms with Gasteiger partial charge < -0.3 is 0 Å². The van der Waals surface area contributed by atoms with Gasteiger partial charge in [-0.25, -0.2) is 8.42 Å². The van der Waals surface area contributed by atoms with E-state index in [2.05, 4.69) is 15.5 Å². The molecule has 10 nitrogen and oxygen atoms in total. The van der Waals surface area contributed by atoms with E-state index in [9.17, 15) is 23.3 Å². The fourth-order valence-electron chi connectivity index (χ4n) is 2.84. The lowest BCUT2D eigenvalue weighted by molar-refractivity contribution is -0.385. The van der Waals surface area contributed by atoms with E-state index in [4.69, 9.17) is 0 Å². The first kappa shape index (κ1) is 22.3. The van der Waals surface area contributed by atoms with Crippen molar-refractivity contribution >= 4 is 43.8 Å². The highest BCUT2D eigenvalue weighted by Gasteiger charge is 2.26. The van der Waals surface area contributed by atoms with E-state index >= 15 is 0 Å². The second kappa shape index (κ2) is 8.78. The summed E-state index contributed by atoms with van der Waals surface area (Å²) >= 11 is 1.15. The quantitative estimate of drug-likeness (QED) is 0.422. The molecule has 0 fully saturated rings. The number of hydrogen-bond donors (Lipinski definition) is 1. The zero-order valence-electron chi connectivity index (χ0n) is 16.9. The van der Waals surface area contributed by atoms with Gasteiger partial charge in [0.1, 0.15) is 11.6 Å². The van der Waals surface area contributed by atoms with Gasteiger partial charge in [-0.3, -0.25) is 24.5 Å². The van der Waals surface area contributed by atoms with Gasteiger partial charge in [-0.15, -0.1) is 10.2 Å². The third-order valence-electron chi connectivity index (χ3n) is 4.40. The van der Waals surface area contributed by atoms with Gasteiger partial charge in [-0.05, 0) is 19.9 Å². The molecule has 0 aliphatic heterocycles. The van der Waals surface area contributed by atoms with Crippen molar-refractivity contribution in [3.63, 3.8) is 0 Å². The molecule has 31 heavy (non-hydrogen) atoms. The molecule has 12 heteroatoms. The Morgan fingerprint density at radius 1 is 1.16 bits per heavy atom. The monoisotopic (exact) mass is 461 g/mol. The molecule has 0 bridgehead atoms. The first-order valence-corrected chi connectivity index (χ1v) is 11.6. The minimum atomic E-state index is -3.89. The zero-order valence-corrected chi connectivity index (χ0v) is 18.5. The van der Waals surface area contributed by atoms with E-state index in [1.807, 2.05) is 31.2 Å². The molecule has 0 saturated heterocycles. The molecule has 2 aromatic carbocycles. The van der Waals surface area contributed by atoms with Crippen LogP contribution in [0, 0.1) is 24.0 Å². The van der Waals surface area contributed by atoms with E-state index in [1.165, 1.54) is 25.1 Å². The van der Waals surface area contributed by atoms with Gasteiger partial charge in [0.15, 0.2) is 0 Å². The molecule has 162 valence electrons. The van der Waals surface area contributed by atoms with Crippen molar-refractivity contribution in [3.05, 3.63) is 63.7 Å². The molecule has 0 radical (unpaired) electrons. The highest BCUT2D eigenvalue weighted by atomic mass is 32.2. The minimum absolute atomic E-state index is 0.0597. The van der Waals surface area contributed by atoms with Crippen LogP contribution in [0.1, 0.15) is 11.1 Å². The number of aryl methyl sites for hydroxylation is 1. The first-order valence-electron chi connectivity index (χ1n) is 8.98. The number of carbonyl (C=O) groups excluding carboxylic acids is 1. The number of carbonyl (C=O) groups is 1. The molecule has 0 aliphatic carbocycles. The normalized spacial score (nSPS) is 11.2. The van der Waals surface area contributed by atoms with Crippen LogP contribution in [0.2, 0.25) is 0 Å². The standard InChI is InChI=1S/C19H19N5O5S2/c1-12-7-9-14(10-8-12)18-21-22-19(30-18)20-17(25)11-23(31(3,28)29)15-5-4-6-16(13(15)2)24(26)27/h4-10H,11H2,1-3H3,(H,20,22,25).